The highest BCUT2D eigenvalue weighted by atomic mass is 16.5. The summed E-state index contributed by atoms with van der Waals surface area (Å²) in [4.78, 5) is 0. The molecule has 0 bridgehead atoms. The quantitative estimate of drug-likeness (QED) is 0.619. The number of ether oxygens (including phenoxy) is 1. The van der Waals surface area contributed by atoms with Crippen LogP contribution in [0.5, 0.6) is 11.5 Å². The van der Waals surface area contributed by atoms with E-state index in [9.17, 15) is 5.11 Å². The van der Waals surface area contributed by atoms with E-state index < -0.39 is 0 Å². The second-order valence-corrected chi connectivity index (χ2v) is 3.77. The van der Waals surface area contributed by atoms with Crippen molar-refractivity contribution in [1.29, 1.82) is 0 Å². The SMILES string of the molecule is C=CCOc1cc(O)ccc1Nc1ccccc1. The third-order valence-corrected chi connectivity index (χ3v) is 2.37. The van der Waals surface area contributed by atoms with Crippen molar-refractivity contribution in [3.05, 3.63) is 61.2 Å². The minimum atomic E-state index is 0.174. The molecule has 0 saturated heterocycles. The Balaban J connectivity index is 2.23. The second kappa shape index (κ2) is 5.77. The van der Waals surface area contributed by atoms with Crippen molar-refractivity contribution >= 4 is 11.4 Å². The summed E-state index contributed by atoms with van der Waals surface area (Å²) in [6.07, 6.45) is 1.66. The van der Waals surface area contributed by atoms with Gasteiger partial charge in [0.15, 0.2) is 0 Å². The maximum atomic E-state index is 9.47. The molecule has 92 valence electrons. The molecule has 0 spiro atoms. The van der Waals surface area contributed by atoms with E-state index >= 15 is 0 Å². The molecule has 0 heterocycles. The Labute approximate surface area is 106 Å². The lowest BCUT2D eigenvalue weighted by molar-refractivity contribution is 0.361. The van der Waals surface area contributed by atoms with Gasteiger partial charge in [0.05, 0.1) is 5.69 Å². The molecule has 2 aromatic carbocycles. The first kappa shape index (κ1) is 12.0. The number of rotatable bonds is 5. The highest BCUT2D eigenvalue weighted by Crippen LogP contribution is 2.31. The Kier molecular flexibility index (Phi) is 3.86. The average Bonchev–Trinajstić information content (AvgIpc) is 2.40. The van der Waals surface area contributed by atoms with Crippen LogP contribution in [0, 0.1) is 0 Å². The molecule has 0 aliphatic rings. The van der Waals surface area contributed by atoms with E-state index in [0.717, 1.165) is 11.4 Å². The van der Waals surface area contributed by atoms with Crippen LogP contribution in [0.15, 0.2) is 61.2 Å². The zero-order valence-electron chi connectivity index (χ0n) is 9.97. The zero-order valence-corrected chi connectivity index (χ0v) is 9.97. The van der Waals surface area contributed by atoms with Crippen LogP contribution in [-0.2, 0) is 0 Å². The second-order valence-electron chi connectivity index (χ2n) is 3.77. The van der Waals surface area contributed by atoms with Gasteiger partial charge in [-0.05, 0) is 24.3 Å². The molecular formula is C15H15NO2. The number of aromatic hydroxyl groups is 1. The van der Waals surface area contributed by atoms with Crippen LogP contribution < -0.4 is 10.1 Å². The van der Waals surface area contributed by atoms with E-state index in [2.05, 4.69) is 11.9 Å². The van der Waals surface area contributed by atoms with E-state index in [-0.39, 0.29) is 5.75 Å². The summed E-state index contributed by atoms with van der Waals surface area (Å²) >= 11 is 0. The first-order valence-electron chi connectivity index (χ1n) is 5.68. The molecule has 2 N–H and O–H groups in total. The summed E-state index contributed by atoms with van der Waals surface area (Å²) in [6, 6.07) is 14.8. The lowest BCUT2D eigenvalue weighted by Gasteiger charge is -2.12. The van der Waals surface area contributed by atoms with Crippen molar-refractivity contribution in [3.8, 4) is 11.5 Å². The molecule has 0 fully saturated rings. The topological polar surface area (TPSA) is 41.5 Å². The standard InChI is InChI=1S/C15H15NO2/c1-2-10-18-15-11-13(17)8-9-14(15)16-12-6-4-3-5-7-12/h2-9,11,16-17H,1,10H2. The molecule has 0 radical (unpaired) electrons. The summed E-state index contributed by atoms with van der Waals surface area (Å²) in [5.74, 6) is 0.770. The fourth-order valence-electron chi connectivity index (χ4n) is 1.56. The predicted molar refractivity (Wildman–Crippen MR) is 73.5 cm³/mol. The Morgan fingerprint density at radius 3 is 2.67 bits per heavy atom. The minimum Gasteiger partial charge on any atom is -0.508 e. The van der Waals surface area contributed by atoms with Gasteiger partial charge in [-0.2, -0.15) is 0 Å². The third-order valence-electron chi connectivity index (χ3n) is 2.37. The summed E-state index contributed by atoms with van der Waals surface area (Å²) in [5, 5.41) is 12.7. The van der Waals surface area contributed by atoms with Gasteiger partial charge in [0.25, 0.3) is 0 Å². The van der Waals surface area contributed by atoms with Crippen LogP contribution in [0.4, 0.5) is 11.4 Å². The number of hydrogen-bond donors (Lipinski definition) is 2. The van der Waals surface area contributed by atoms with Crippen LogP contribution in [-0.4, -0.2) is 11.7 Å². The summed E-state index contributed by atoms with van der Waals surface area (Å²) in [7, 11) is 0. The Hall–Kier alpha value is -2.42. The van der Waals surface area contributed by atoms with Crippen molar-refractivity contribution in [2.24, 2.45) is 0 Å². The molecule has 0 amide bonds. The van der Waals surface area contributed by atoms with Gasteiger partial charge in [-0.1, -0.05) is 30.9 Å². The number of nitrogens with one attached hydrogen (secondary N) is 1. The molecule has 0 unspecified atom stereocenters. The van der Waals surface area contributed by atoms with Crippen molar-refractivity contribution in [3.63, 3.8) is 0 Å². The maximum absolute atomic E-state index is 9.47. The molecule has 2 rings (SSSR count). The molecular weight excluding hydrogens is 226 g/mol. The predicted octanol–water partition coefficient (Wildman–Crippen LogP) is 3.70. The minimum absolute atomic E-state index is 0.174. The Morgan fingerprint density at radius 1 is 1.17 bits per heavy atom. The van der Waals surface area contributed by atoms with E-state index in [1.807, 2.05) is 30.3 Å². The molecule has 18 heavy (non-hydrogen) atoms. The van der Waals surface area contributed by atoms with Crippen molar-refractivity contribution in [2.75, 3.05) is 11.9 Å². The van der Waals surface area contributed by atoms with Crippen LogP contribution in [0.25, 0.3) is 0 Å². The van der Waals surface area contributed by atoms with Crippen LogP contribution in [0.2, 0.25) is 0 Å². The van der Waals surface area contributed by atoms with Crippen LogP contribution >= 0.6 is 0 Å². The number of anilines is 2. The normalized spacial score (nSPS) is 9.78. The van der Waals surface area contributed by atoms with E-state index in [1.54, 1.807) is 24.3 Å². The van der Waals surface area contributed by atoms with Gasteiger partial charge in [-0.3, -0.25) is 0 Å². The monoisotopic (exact) mass is 241 g/mol. The van der Waals surface area contributed by atoms with Crippen molar-refractivity contribution in [2.45, 2.75) is 0 Å². The fourth-order valence-corrected chi connectivity index (χ4v) is 1.56. The number of phenols is 1. The van der Waals surface area contributed by atoms with Crippen LogP contribution in [0.3, 0.4) is 0 Å². The van der Waals surface area contributed by atoms with E-state index in [0.29, 0.717) is 12.4 Å². The van der Waals surface area contributed by atoms with Crippen molar-refractivity contribution < 1.29 is 9.84 Å². The number of benzene rings is 2. The fraction of sp³-hybridized carbons (Fsp3) is 0.0667. The maximum Gasteiger partial charge on any atom is 0.146 e. The summed E-state index contributed by atoms with van der Waals surface area (Å²) in [5.41, 5.74) is 1.77. The molecule has 0 saturated carbocycles. The Morgan fingerprint density at radius 2 is 1.94 bits per heavy atom. The number of hydrogen-bond acceptors (Lipinski definition) is 3. The van der Waals surface area contributed by atoms with Gasteiger partial charge in [-0.25, -0.2) is 0 Å². The molecule has 0 aromatic heterocycles. The van der Waals surface area contributed by atoms with Gasteiger partial charge >= 0.3 is 0 Å². The largest absolute Gasteiger partial charge is 0.508 e. The van der Waals surface area contributed by atoms with E-state index in [1.165, 1.54) is 0 Å². The number of phenolic OH excluding ortho intramolecular Hbond substituents is 1. The lowest BCUT2D eigenvalue weighted by atomic mass is 10.2. The van der Waals surface area contributed by atoms with Gasteiger partial charge in [0.1, 0.15) is 18.1 Å². The van der Waals surface area contributed by atoms with E-state index in [4.69, 9.17) is 4.74 Å². The summed E-state index contributed by atoms with van der Waals surface area (Å²) < 4.78 is 5.50. The molecule has 0 aliphatic heterocycles. The number of para-hydroxylation sites is 1. The molecule has 0 atom stereocenters. The van der Waals surface area contributed by atoms with Gasteiger partial charge in [0, 0.05) is 11.8 Å². The van der Waals surface area contributed by atoms with Gasteiger partial charge < -0.3 is 15.2 Å². The van der Waals surface area contributed by atoms with Gasteiger partial charge in [0.2, 0.25) is 0 Å². The zero-order chi connectivity index (χ0) is 12.8. The van der Waals surface area contributed by atoms with Crippen molar-refractivity contribution in [1.82, 2.24) is 0 Å². The summed E-state index contributed by atoms with van der Waals surface area (Å²) in [6.45, 7) is 4.00. The third kappa shape index (κ3) is 3.04. The highest BCUT2D eigenvalue weighted by Gasteiger charge is 2.05. The lowest BCUT2D eigenvalue weighted by Crippen LogP contribution is -1.98. The Bertz CT molecular complexity index is 523. The smallest absolute Gasteiger partial charge is 0.146 e. The molecule has 3 nitrogen and oxygen atoms in total. The molecule has 3 heteroatoms. The first-order valence-corrected chi connectivity index (χ1v) is 5.68. The molecule has 0 aliphatic carbocycles. The first-order chi connectivity index (χ1) is 8.79. The highest BCUT2D eigenvalue weighted by molar-refractivity contribution is 5.67. The van der Waals surface area contributed by atoms with Gasteiger partial charge in [-0.15, -0.1) is 0 Å². The molecule has 2 aromatic rings. The van der Waals surface area contributed by atoms with Crippen LogP contribution in [0.1, 0.15) is 0 Å². The average molecular weight is 241 g/mol.